The van der Waals surface area contributed by atoms with Crippen molar-refractivity contribution in [3.8, 4) is 5.88 Å². The number of rotatable bonds is 0. The molecule has 2 aromatic rings. The van der Waals surface area contributed by atoms with Crippen LogP contribution in [0.3, 0.4) is 0 Å². The average Bonchev–Trinajstić information content (AvgIpc) is 2.30. The first kappa shape index (κ1) is 6.22. The second-order valence-corrected chi connectivity index (χ2v) is 2.51. The van der Waals surface area contributed by atoms with Crippen molar-refractivity contribution >= 4 is 5.65 Å². The lowest BCUT2D eigenvalue weighted by Gasteiger charge is -1.92. The van der Waals surface area contributed by atoms with E-state index in [9.17, 15) is 5.11 Å². The Morgan fingerprint density at radius 2 is 2.27 bits per heavy atom. The maximum absolute atomic E-state index is 11.1. The average molecular weight is 148 g/mol. The Hall–Kier alpha value is -1.51. The first-order valence-electron chi connectivity index (χ1n) is 3.42. The SMILES string of the molecule is C[n+]1cc([O-])n2ccccc21. The molecule has 0 amide bonds. The van der Waals surface area contributed by atoms with Gasteiger partial charge in [-0.2, -0.15) is 0 Å². The molecule has 0 saturated heterocycles. The van der Waals surface area contributed by atoms with Gasteiger partial charge in [-0.05, 0) is 6.07 Å². The molecule has 0 radical (unpaired) electrons. The molecule has 0 atom stereocenters. The van der Waals surface area contributed by atoms with E-state index in [1.807, 2.05) is 29.8 Å². The zero-order chi connectivity index (χ0) is 7.84. The molecule has 2 aromatic heterocycles. The Morgan fingerprint density at radius 3 is 3.00 bits per heavy atom. The van der Waals surface area contributed by atoms with E-state index in [4.69, 9.17) is 0 Å². The summed E-state index contributed by atoms with van der Waals surface area (Å²) in [5.74, 6) is 0.0168. The molecule has 2 heterocycles. The number of aryl methyl sites for hydroxylation is 1. The van der Waals surface area contributed by atoms with Crippen LogP contribution in [-0.4, -0.2) is 4.40 Å². The van der Waals surface area contributed by atoms with Gasteiger partial charge in [0.25, 0.3) is 5.65 Å². The molecular weight excluding hydrogens is 140 g/mol. The Bertz CT molecular complexity index is 356. The van der Waals surface area contributed by atoms with E-state index < -0.39 is 0 Å². The maximum atomic E-state index is 11.1. The van der Waals surface area contributed by atoms with E-state index in [1.165, 1.54) is 0 Å². The zero-order valence-corrected chi connectivity index (χ0v) is 6.19. The van der Waals surface area contributed by atoms with Crippen molar-refractivity contribution in [1.29, 1.82) is 0 Å². The summed E-state index contributed by atoms with van der Waals surface area (Å²) in [6.45, 7) is 0. The van der Waals surface area contributed by atoms with Crippen LogP contribution in [0, 0.1) is 0 Å². The van der Waals surface area contributed by atoms with Gasteiger partial charge in [-0.3, -0.25) is 0 Å². The first-order valence-corrected chi connectivity index (χ1v) is 3.42. The minimum atomic E-state index is 0.0168. The van der Waals surface area contributed by atoms with Gasteiger partial charge in [0, 0.05) is 6.07 Å². The van der Waals surface area contributed by atoms with Gasteiger partial charge in [-0.25, -0.2) is 8.97 Å². The van der Waals surface area contributed by atoms with Gasteiger partial charge >= 0.3 is 0 Å². The Kier molecular flexibility index (Phi) is 1.12. The second kappa shape index (κ2) is 1.99. The molecule has 0 aliphatic rings. The minimum absolute atomic E-state index is 0.0168. The molecule has 0 unspecified atom stereocenters. The highest BCUT2D eigenvalue weighted by atomic mass is 16.3. The highest BCUT2D eigenvalue weighted by molar-refractivity contribution is 5.34. The molecular formula is C8H8N2O. The van der Waals surface area contributed by atoms with Crippen LogP contribution in [0.15, 0.2) is 30.6 Å². The lowest BCUT2D eigenvalue weighted by Crippen LogP contribution is -2.25. The molecule has 0 bridgehead atoms. The van der Waals surface area contributed by atoms with Crippen LogP contribution in [0.25, 0.3) is 5.65 Å². The summed E-state index contributed by atoms with van der Waals surface area (Å²) in [6, 6.07) is 5.66. The van der Waals surface area contributed by atoms with Crippen LogP contribution >= 0.6 is 0 Å². The Balaban J connectivity index is 2.95. The van der Waals surface area contributed by atoms with Gasteiger partial charge in [-0.1, -0.05) is 6.07 Å². The standard InChI is InChI=1S/C8H8N2O/c1-9-6-8(11)10-5-3-2-4-7(9)10/h2-6H,1H3. The van der Waals surface area contributed by atoms with Gasteiger partial charge in [0.1, 0.15) is 12.1 Å². The van der Waals surface area contributed by atoms with Crippen LogP contribution in [0.1, 0.15) is 0 Å². The van der Waals surface area contributed by atoms with E-state index in [0.29, 0.717) is 0 Å². The predicted molar refractivity (Wildman–Crippen MR) is 38.0 cm³/mol. The van der Waals surface area contributed by atoms with E-state index >= 15 is 0 Å². The third kappa shape index (κ3) is 0.774. The van der Waals surface area contributed by atoms with Crippen molar-refractivity contribution in [3.63, 3.8) is 0 Å². The Labute approximate surface area is 64.1 Å². The van der Waals surface area contributed by atoms with Crippen LogP contribution in [0.5, 0.6) is 5.88 Å². The highest BCUT2D eigenvalue weighted by Gasteiger charge is 2.04. The molecule has 56 valence electrons. The number of nitrogens with zero attached hydrogens (tertiary/aromatic N) is 2. The zero-order valence-electron chi connectivity index (χ0n) is 6.19. The molecule has 0 aliphatic heterocycles. The molecule has 0 aliphatic carbocycles. The predicted octanol–water partition coefficient (Wildman–Crippen LogP) is -0.163. The quantitative estimate of drug-likeness (QED) is 0.477. The summed E-state index contributed by atoms with van der Waals surface area (Å²) in [5, 5.41) is 11.1. The molecule has 3 heteroatoms. The number of imidazole rings is 1. The molecule has 0 spiro atoms. The molecule has 3 nitrogen and oxygen atoms in total. The number of hydrogen-bond acceptors (Lipinski definition) is 1. The monoisotopic (exact) mass is 148 g/mol. The van der Waals surface area contributed by atoms with Gasteiger partial charge < -0.3 is 5.11 Å². The summed E-state index contributed by atoms with van der Waals surface area (Å²) in [5.41, 5.74) is 0.914. The van der Waals surface area contributed by atoms with Crippen molar-refractivity contribution in [1.82, 2.24) is 4.40 Å². The van der Waals surface area contributed by atoms with Crippen molar-refractivity contribution in [2.24, 2.45) is 7.05 Å². The lowest BCUT2D eigenvalue weighted by atomic mass is 10.5. The fourth-order valence-corrected chi connectivity index (χ4v) is 1.20. The topological polar surface area (TPSA) is 31.3 Å². The molecule has 0 aromatic carbocycles. The van der Waals surface area contributed by atoms with Crippen LogP contribution in [0.2, 0.25) is 0 Å². The third-order valence-corrected chi connectivity index (χ3v) is 1.74. The summed E-state index contributed by atoms with van der Waals surface area (Å²) in [4.78, 5) is 0. The summed E-state index contributed by atoms with van der Waals surface area (Å²) in [7, 11) is 1.86. The van der Waals surface area contributed by atoms with Gasteiger partial charge in [0.15, 0.2) is 0 Å². The Morgan fingerprint density at radius 1 is 1.45 bits per heavy atom. The van der Waals surface area contributed by atoms with Crippen molar-refractivity contribution in [2.75, 3.05) is 0 Å². The summed E-state index contributed by atoms with van der Waals surface area (Å²) >= 11 is 0. The number of aromatic nitrogens is 2. The number of hydrogen-bond donors (Lipinski definition) is 0. The van der Waals surface area contributed by atoms with E-state index in [2.05, 4.69) is 0 Å². The summed E-state index contributed by atoms with van der Waals surface area (Å²) < 4.78 is 3.42. The van der Waals surface area contributed by atoms with E-state index in [-0.39, 0.29) is 5.88 Å². The van der Waals surface area contributed by atoms with Crippen molar-refractivity contribution in [2.45, 2.75) is 0 Å². The maximum Gasteiger partial charge on any atom is 0.285 e. The molecule has 2 rings (SSSR count). The van der Waals surface area contributed by atoms with Crippen molar-refractivity contribution < 1.29 is 9.67 Å². The van der Waals surface area contributed by atoms with Crippen LogP contribution in [0.4, 0.5) is 0 Å². The highest BCUT2D eigenvalue weighted by Crippen LogP contribution is 2.05. The van der Waals surface area contributed by atoms with Gasteiger partial charge in [-0.15, -0.1) is 0 Å². The summed E-state index contributed by atoms with van der Waals surface area (Å²) in [6.07, 6.45) is 3.33. The smallest absolute Gasteiger partial charge is 0.285 e. The van der Waals surface area contributed by atoms with E-state index in [1.54, 1.807) is 16.8 Å². The van der Waals surface area contributed by atoms with Crippen LogP contribution in [-0.2, 0) is 7.05 Å². The molecule has 11 heavy (non-hydrogen) atoms. The minimum Gasteiger partial charge on any atom is -0.839 e. The first-order chi connectivity index (χ1) is 5.29. The van der Waals surface area contributed by atoms with Crippen molar-refractivity contribution in [3.05, 3.63) is 30.6 Å². The van der Waals surface area contributed by atoms with Gasteiger partial charge in [0.2, 0.25) is 0 Å². The fourth-order valence-electron chi connectivity index (χ4n) is 1.20. The fraction of sp³-hybridized carbons (Fsp3) is 0.125. The molecule has 0 N–H and O–H groups in total. The third-order valence-electron chi connectivity index (χ3n) is 1.74. The van der Waals surface area contributed by atoms with Gasteiger partial charge in [0.05, 0.1) is 13.2 Å². The van der Waals surface area contributed by atoms with E-state index in [0.717, 1.165) is 5.65 Å². The largest absolute Gasteiger partial charge is 0.839 e. The second-order valence-electron chi connectivity index (χ2n) is 2.51. The molecule has 0 saturated carbocycles. The number of fused-ring (bicyclic) bond motifs is 1. The lowest BCUT2D eigenvalue weighted by molar-refractivity contribution is -0.645. The van der Waals surface area contributed by atoms with Crippen LogP contribution < -0.4 is 9.67 Å². The molecule has 0 fully saturated rings. The normalized spacial score (nSPS) is 10.6. The number of pyridine rings is 1.